The first-order valence-electron chi connectivity index (χ1n) is 11.3. The van der Waals surface area contributed by atoms with Crippen molar-refractivity contribution in [2.75, 3.05) is 19.7 Å². The largest absolute Gasteiger partial charge is 0.377 e. The standard InChI is InChI=1S/C23H33N5O/c1-3-24-22(27-20-17-10-15-29-21(17)23(20)11-6-12-23)25-13-7-14-28-16(2)26-18-8-4-5-9-19(18)28/h4-5,8-9,17,20-21H,3,6-7,10-15H2,1-2H3,(H2,24,25,27). The van der Waals surface area contributed by atoms with E-state index in [1.54, 1.807) is 0 Å². The lowest BCUT2D eigenvalue weighted by Crippen LogP contribution is -2.72. The van der Waals surface area contributed by atoms with Gasteiger partial charge in [0.25, 0.3) is 0 Å². The van der Waals surface area contributed by atoms with Crippen LogP contribution < -0.4 is 10.6 Å². The highest BCUT2D eigenvalue weighted by molar-refractivity contribution is 5.80. The molecule has 0 bridgehead atoms. The monoisotopic (exact) mass is 395 g/mol. The van der Waals surface area contributed by atoms with E-state index in [9.17, 15) is 0 Å². The maximum Gasteiger partial charge on any atom is 0.191 e. The second kappa shape index (κ2) is 7.63. The smallest absolute Gasteiger partial charge is 0.191 e. The van der Waals surface area contributed by atoms with Gasteiger partial charge >= 0.3 is 0 Å². The highest BCUT2D eigenvalue weighted by atomic mass is 16.5. The van der Waals surface area contributed by atoms with Crippen LogP contribution in [0.15, 0.2) is 29.3 Å². The lowest BCUT2D eigenvalue weighted by molar-refractivity contribution is -0.171. The van der Waals surface area contributed by atoms with Crippen LogP contribution >= 0.6 is 0 Å². The molecular weight excluding hydrogens is 362 g/mol. The number of rotatable bonds is 6. The lowest BCUT2D eigenvalue weighted by Gasteiger charge is -2.63. The van der Waals surface area contributed by atoms with Crippen molar-refractivity contribution in [3.63, 3.8) is 0 Å². The van der Waals surface area contributed by atoms with Crippen LogP contribution in [0, 0.1) is 18.3 Å². The topological polar surface area (TPSA) is 63.5 Å². The Morgan fingerprint density at radius 2 is 2.21 bits per heavy atom. The van der Waals surface area contributed by atoms with Crippen molar-refractivity contribution in [1.29, 1.82) is 0 Å². The maximum absolute atomic E-state index is 6.06. The SMILES string of the molecule is CCNC(=NCCCn1c(C)nc2ccccc21)NC1C2CCOC2C12CCC2. The Balaban J connectivity index is 1.22. The maximum atomic E-state index is 6.06. The first-order valence-corrected chi connectivity index (χ1v) is 11.3. The highest BCUT2D eigenvalue weighted by Gasteiger charge is 2.66. The number of aliphatic imine (C=N–C) groups is 1. The van der Waals surface area contributed by atoms with Gasteiger partial charge in [0.05, 0.1) is 17.1 Å². The molecule has 1 spiro atoms. The summed E-state index contributed by atoms with van der Waals surface area (Å²) in [7, 11) is 0. The van der Waals surface area contributed by atoms with Crippen LogP contribution in [0.1, 0.15) is 44.9 Å². The molecule has 3 aliphatic rings. The molecule has 2 aliphatic carbocycles. The van der Waals surface area contributed by atoms with Crippen LogP contribution in [-0.4, -0.2) is 47.4 Å². The van der Waals surface area contributed by atoms with Gasteiger partial charge in [-0.1, -0.05) is 18.6 Å². The van der Waals surface area contributed by atoms with Crippen molar-refractivity contribution in [3.05, 3.63) is 30.1 Å². The molecule has 2 N–H and O–H groups in total. The molecule has 1 aromatic carbocycles. The predicted molar refractivity (Wildman–Crippen MR) is 116 cm³/mol. The molecule has 6 nitrogen and oxygen atoms in total. The molecule has 3 unspecified atom stereocenters. The Kier molecular flexibility index (Phi) is 4.98. The third-order valence-electron chi connectivity index (χ3n) is 7.33. The molecule has 29 heavy (non-hydrogen) atoms. The van der Waals surface area contributed by atoms with Crippen molar-refractivity contribution < 1.29 is 4.74 Å². The molecular formula is C23H33N5O. The van der Waals surface area contributed by atoms with Gasteiger partial charge in [-0.2, -0.15) is 0 Å². The first kappa shape index (κ1) is 18.9. The second-order valence-corrected chi connectivity index (χ2v) is 8.87. The van der Waals surface area contributed by atoms with Crippen LogP contribution in [0.2, 0.25) is 0 Å². The minimum atomic E-state index is 0.379. The number of nitrogens with zero attached hydrogens (tertiary/aromatic N) is 3. The average molecular weight is 396 g/mol. The predicted octanol–water partition coefficient (Wildman–Crippen LogP) is 3.25. The summed E-state index contributed by atoms with van der Waals surface area (Å²) in [5.41, 5.74) is 2.67. The number of hydrogen-bond donors (Lipinski definition) is 2. The summed E-state index contributed by atoms with van der Waals surface area (Å²) in [6.07, 6.45) is 6.64. The van der Waals surface area contributed by atoms with Gasteiger partial charge in [-0.05, 0) is 51.7 Å². The van der Waals surface area contributed by atoms with Crippen molar-refractivity contribution in [3.8, 4) is 0 Å². The fraction of sp³-hybridized carbons (Fsp3) is 0.652. The van der Waals surface area contributed by atoms with Gasteiger partial charge in [-0.15, -0.1) is 0 Å². The fourth-order valence-corrected chi connectivity index (χ4v) is 5.82. The summed E-state index contributed by atoms with van der Waals surface area (Å²) in [6.45, 7) is 7.80. The number of aromatic nitrogens is 2. The number of fused-ring (bicyclic) bond motifs is 3. The van der Waals surface area contributed by atoms with E-state index in [4.69, 9.17) is 9.73 Å². The Morgan fingerprint density at radius 3 is 3.00 bits per heavy atom. The number of aryl methyl sites for hydroxylation is 2. The van der Waals surface area contributed by atoms with Gasteiger partial charge in [0.1, 0.15) is 5.82 Å². The Hall–Kier alpha value is -2.08. The van der Waals surface area contributed by atoms with Crippen LogP contribution in [0.25, 0.3) is 11.0 Å². The minimum absolute atomic E-state index is 0.379. The van der Waals surface area contributed by atoms with Gasteiger partial charge in [-0.3, -0.25) is 4.99 Å². The number of imidazole rings is 1. The van der Waals surface area contributed by atoms with Crippen LogP contribution in [0.4, 0.5) is 0 Å². The van der Waals surface area contributed by atoms with E-state index in [0.717, 1.165) is 50.0 Å². The molecule has 2 heterocycles. The number of ether oxygens (including phenoxy) is 1. The molecule has 6 heteroatoms. The van der Waals surface area contributed by atoms with Crippen molar-refractivity contribution in [1.82, 2.24) is 20.2 Å². The molecule has 0 radical (unpaired) electrons. The van der Waals surface area contributed by atoms with Crippen LogP contribution in [0.3, 0.4) is 0 Å². The summed E-state index contributed by atoms with van der Waals surface area (Å²) in [5.74, 6) is 2.72. The quantitative estimate of drug-likeness (QED) is 0.448. The van der Waals surface area contributed by atoms with Crippen molar-refractivity contribution in [2.45, 2.75) is 64.6 Å². The molecule has 1 saturated heterocycles. The number of benzene rings is 1. The van der Waals surface area contributed by atoms with Gasteiger partial charge < -0.3 is 19.9 Å². The number of hydrogen-bond acceptors (Lipinski definition) is 3. The number of guanidine groups is 1. The van der Waals surface area contributed by atoms with Crippen molar-refractivity contribution in [2.24, 2.45) is 16.3 Å². The highest BCUT2D eigenvalue weighted by Crippen LogP contribution is 2.62. The summed E-state index contributed by atoms with van der Waals surface area (Å²) >= 11 is 0. The minimum Gasteiger partial charge on any atom is -0.377 e. The molecule has 3 atom stereocenters. The molecule has 1 aromatic heterocycles. The normalized spacial score (nSPS) is 27.5. The average Bonchev–Trinajstić information content (AvgIpc) is 3.23. The van der Waals surface area contributed by atoms with E-state index in [1.165, 1.54) is 31.2 Å². The zero-order valence-corrected chi connectivity index (χ0v) is 17.7. The van der Waals surface area contributed by atoms with Gasteiger partial charge in [0.2, 0.25) is 0 Å². The Bertz CT molecular complexity index is 900. The Labute approximate surface area is 173 Å². The number of nitrogens with one attached hydrogen (secondary N) is 2. The molecule has 1 aliphatic heterocycles. The molecule has 2 saturated carbocycles. The zero-order chi connectivity index (χ0) is 19.8. The third-order valence-corrected chi connectivity index (χ3v) is 7.33. The molecule has 2 aromatic rings. The van der Waals surface area contributed by atoms with Crippen LogP contribution in [0.5, 0.6) is 0 Å². The third kappa shape index (κ3) is 3.12. The summed E-state index contributed by atoms with van der Waals surface area (Å²) in [4.78, 5) is 9.57. The Morgan fingerprint density at radius 1 is 1.34 bits per heavy atom. The first-order chi connectivity index (χ1) is 14.2. The van der Waals surface area contributed by atoms with E-state index in [-0.39, 0.29) is 0 Å². The van der Waals surface area contributed by atoms with Crippen LogP contribution in [-0.2, 0) is 11.3 Å². The van der Waals surface area contributed by atoms with E-state index in [1.807, 2.05) is 6.07 Å². The summed E-state index contributed by atoms with van der Waals surface area (Å²) in [5, 5.41) is 7.25. The molecule has 0 amide bonds. The number of para-hydroxylation sites is 2. The second-order valence-electron chi connectivity index (χ2n) is 8.87. The zero-order valence-electron chi connectivity index (χ0n) is 17.7. The van der Waals surface area contributed by atoms with E-state index in [0.29, 0.717) is 23.5 Å². The summed E-state index contributed by atoms with van der Waals surface area (Å²) in [6, 6.07) is 8.90. The molecule has 156 valence electrons. The van der Waals surface area contributed by atoms with Gasteiger partial charge in [0, 0.05) is 43.6 Å². The fourth-order valence-electron chi connectivity index (χ4n) is 5.82. The molecule has 3 fully saturated rings. The lowest BCUT2D eigenvalue weighted by atomic mass is 9.46. The van der Waals surface area contributed by atoms with E-state index in [2.05, 4.69) is 52.2 Å². The van der Waals surface area contributed by atoms with Gasteiger partial charge in [-0.25, -0.2) is 4.98 Å². The van der Waals surface area contributed by atoms with E-state index < -0.39 is 0 Å². The van der Waals surface area contributed by atoms with Gasteiger partial charge in [0.15, 0.2) is 5.96 Å². The van der Waals surface area contributed by atoms with E-state index >= 15 is 0 Å². The summed E-state index contributed by atoms with van der Waals surface area (Å²) < 4.78 is 8.37. The molecule has 5 rings (SSSR count). The van der Waals surface area contributed by atoms with Crippen molar-refractivity contribution >= 4 is 17.0 Å².